The Balaban J connectivity index is 1.55. The zero-order valence-corrected chi connectivity index (χ0v) is 13.8. The van der Waals surface area contributed by atoms with Crippen LogP contribution in [0.1, 0.15) is 31.7 Å². The van der Waals surface area contributed by atoms with E-state index in [1.54, 1.807) is 12.1 Å². The maximum Gasteiger partial charge on any atom is 0.165 e. The first-order chi connectivity index (χ1) is 11.3. The summed E-state index contributed by atoms with van der Waals surface area (Å²) in [4.78, 5) is 0. The molecule has 1 aromatic carbocycles. The van der Waals surface area contributed by atoms with Gasteiger partial charge in [0.2, 0.25) is 0 Å². The van der Waals surface area contributed by atoms with Gasteiger partial charge < -0.3 is 20.1 Å². The van der Waals surface area contributed by atoms with Gasteiger partial charge in [0.1, 0.15) is 0 Å². The minimum absolute atomic E-state index is 0.281. The van der Waals surface area contributed by atoms with Gasteiger partial charge >= 0.3 is 0 Å². The van der Waals surface area contributed by atoms with E-state index in [0.717, 1.165) is 25.3 Å². The standard InChI is InChI=1S/C18H27FN2O2/c1-2-23-18-7-6-13(10-15(18)19)11-21-16-5-3-4-14(16)17-12-22-9-8-20-17/h6-7,10,14,16-17,20-21H,2-5,8-9,11-12H2,1H3. The summed E-state index contributed by atoms with van der Waals surface area (Å²) in [7, 11) is 0. The third-order valence-corrected chi connectivity index (χ3v) is 4.90. The van der Waals surface area contributed by atoms with Crippen molar-refractivity contribution in [2.75, 3.05) is 26.4 Å². The van der Waals surface area contributed by atoms with Gasteiger partial charge in [-0.1, -0.05) is 12.5 Å². The van der Waals surface area contributed by atoms with Crippen LogP contribution >= 0.6 is 0 Å². The Kier molecular flexibility index (Phi) is 5.86. The molecule has 1 aliphatic carbocycles. The molecule has 1 heterocycles. The molecule has 2 fully saturated rings. The average Bonchev–Trinajstić information content (AvgIpc) is 3.05. The first-order valence-corrected chi connectivity index (χ1v) is 8.73. The largest absolute Gasteiger partial charge is 0.491 e. The Bertz CT molecular complexity index is 506. The predicted molar refractivity (Wildman–Crippen MR) is 88.1 cm³/mol. The van der Waals surface area contributed by atoms with Crippen LogP contribution in [-0.2, 0) is 11.3 Å². The molecule has 1 saturated heterocycles. The second-order valence-corrected chi connectivity index (χ2v) is 6.42. The van der Waals surface area contributed by atoms with Crippen LogP contribution in [0.5, 0.6) is 5.75 Å². The molecule has 0 aromatic heterocycles. The molecule has 0 radical (unpaired) electrons. The number of hydrogen-bond donors (Lipinski definition) is 2. The first-order valence-electron chi connectivity index (χ1n) is 8.73. The van der Waals surface area contributed by atoms with E-state index in [9.17, 15) is 4.39 Å². The number of nitrogens with one attached hydrogen (secondary N) is 2. The molecule has 5 heteroatoms. The fourth-order valence-electron chi connectivity index (χ4n) is 3.76. The molecular weight excluding hydrogens is 295 g/mol. The van der Waals surface area contributed by atoms with Gasteiger partial charge in [-0.25, -0.2) is 4.39 Å². The molecule has 3 unspecified atom stereocenters. The first kappa shape index (κ1) is 16.7. The lowest BCUT2D eigenvalue weighted by molar-refractivity contribution is 0.0524. The fourth-order valence-corrected chi connectivity index (χ4v) is 3.76. The number of benzene rings is 1. The molecule has 3 rings (SSSR count). The number of morpholine rings is 1. The van der Waals surface area contributed by atoms with E-state index in [2.05, 4.69) is 10.6 Å². The third-order valence-electron chi connectivity index (χ3n) is 4.90. The van der Waals surface area contributed by atoms with Crippen LogP contribution in [0.3, 0.4) is 0 Å². The van der Waals surface area contributed by atoms with Gasteiger partial charge in [0.15, 0.2) is 11.6 Å². The van der Waals surface area contributed by atoms with Crippen molar-refractivity contribution in [2.24, 2.45) is 5.92 Å². The molecule has 0 spiro atoms. The molecule has 4 nitrogen and oxygen atoms in total. The van der Waals surface area contributed by atoms with Crippen molar-refractivity contribution < 1.29 is 13.9 Å². The van der Waals surface area contributed by atoms with Crippen molar-refractivity contribution in [3.63, 3.8) is 0 Å². The zero-order chi connectivity index (χ0) is 16.1. The van der Waals surface area contributed by atoms with E-state index in [-0.39, 0.29) is 5.82 Å². The molecule has 3 atom stereocenters. The summed E-state index contributed by atoms with van der Waals surface area (Å²) in [5.41, 5.74) is 0.962. The topological polar surface area (TPSA) is 42.5 Å². The number of ether oxygens (including phenoxy) is 2. The molecular formula is C18H27FN2O2. The van der Waals surface area contributed by atoms with Gasteiger partial charge in [-0.2, -0.15) is 0 Å². The van der Waals surface area contributed by atoms with Crippen LogP contribution in [0.4, 0.5) is 4.39 Å². The monoisotopic (exact) mass is 322 g/mol. The average molecular weight is 322 g/mol. The smallest absolute Gasteiger partial charge is 0.165 e. The lowest BCUT2D eigenvalue weighted by Gasteiger charge is -2.33. The molecule has 0 bridgehead atoms. The maximum absolute atomic E-state index is 13.9. The van der Waals surface area contributed by atoms with Crippen LogP contribution < -0.4 is 15.4 Å². The van der Waals surface area contributed by atoms with Crippen molar-refractivity contribution in [2.45, 2.75) is 44.8 Å². The summed E-state index contributed by atoms with van der Waals surface area (Å²) in [6.45, 7) is 5.59. The van der Waals surface area contributed by atoms with Gasteiger partial charge in [0.05, 0.1) is 19.8 Å². The summed E-state index contributed by atoms with van der Waals surface area (Å²) in [6.07, 6.45) is 3.66. The molecule has 1 saturated carbocycles. The highest BCUT2D eigenvalue weighted by Gasteiger charge is 2.34. The highest BCUT2D eigenvalue weighted by molar-refractivity contribution is 5.29. The van der Waals surface area contributed by atoms with E-state index < -0.39 is 0 Å². The van der Waals surface area contributed by atoms with E-state index in [1.807, 2.05) is 13.0 Å². The Hall–Kier alpha value is -1.17. The predicted octanol–water partition coefficient (Wildman–Crippen LogP) is 2.47. The lowest BCUT2D eigenvalue weighted by atomic mass is 9.94. The van der Waals surface area contributed by atoms with Gasteiger partial charge in [-0.3, -0.25) is 0 Å². The summed E-state index contributed by atoms with van der Waals surface area (Å²) >= 11 is 0. The van der Waals surface area contributed by atoms with E-state index >= 15 is 0 Å². The Morgan fingerprint density at radius 2 is 2.30 bits per heavy atom. The summed E-state index contributed by atoms with van der Waals surface area (Å²) in [5, 5.41) is 7.20. The molecule has 0 amide bonds. The number of halogens is 1. The molecule has 128 valence electrons. The van der Waals surface area contributed by atoms with E-state index in [4.69, 9.17) is 9.47 Å². The highest BCUT2D eigenvalue weighted by atomic mass is 19.1. The lowest BCUT2D eigenvalue weighted by Crippen LogP contribution is -2.50. The van der Waals surface area contributed by atoms with E-state index in [1.165, 1.54) is 19.3 Å². The highest BCUT2D eigenvalue weighted by Crippen LogP contribution is 2.30. The quantitative estimate of drug-likeness (QED) is 0.844. The third kappa shape index (κ3) is 4.22. The van der Waals surface area contributed by atoms with Crippen LogP contribution in [0.15, 0.2) is 18.2 Å². The normalized spacial score (nSPS) is 28.0. The van der Waals surface area contributed by atoms with Crippen LogP contribution in [0, 0.1) is 11.7 Å². The maximum atomic E-state index is 13.9. The molecule has 23 heavy (non-hydrogen) atoms. The zero-order valence-electron chi connectivity index (χ0n) is 13.8. The Morgan fingerprint density at radius 1 is 1.39 bits per heavy atom. The minimum atomic E-state index is -0.281. The SMILES string of the molecule is CCOc1ccc(CNC2CCCC2C2COCCN2)cc1F. The minimum Gasteiger partial charge on any atom is -0.491 e. The number of hydrogen-bond acceptors (Lipinski definition) is 4. The van der Waals surface area contributed by atoms with Crippen molar-refractivity contribution >= 4 is 0 Å². The van der Waals surface area contributed by atoms with Crippen LogP contribution in [-0.4, -0.2) is 38.4 Å². The van der Waals surface area contributed by atoms with Crippen LogP contribution in [0.2, 0.25) is 0 Å². The summed E-state index contributed by atoms with van der Waals surface area (Å²) in [5.74, 6) is 0.651. The molecule has 2 N–H and O–H groups in total. The van der Waals surface area contributed by atoms with Gasteiger partial charge in [0.25, 0.3) is 0 Å². The summed E-state index contributed by atoms with van der Waals surface area (Å²) in [6, 6.07) is 6.15. The number of rotatable bonds is 6. The Morgan fingerprint density at radius 3 is 3.04 bits per heavy atom. The van der Waals surface area contributed by atoms with Gasteiger partial charge in [-0.05, 0) is 43.4 Å². The van der Waals surface area contributed by atoms with Crippen molar-refractivity contribution in [3.8, 4) is 5.75 Å². The second kappa shape index (κ2) is 8.08. The van der Waals surface area contributed by atoms with E-state index in [0.29, 0.717) is 36.9 Å². The molecule has 1 aromatic rings. The van der Waals surface area contributed by atoms with Crippen molar-refractivity contribution in [1.82, 2.24) is 10.6 Å². The second-order valence-electron chi connectivity index (χ2n) is 6.42. The Labute approximate surface area is 137 Å². The molecule has 1 aliphatic heterocycles. The van der Waals surface area contributed by atoms with Gasteiger partial charge in [-0.15, -0.1) is 0 Å². The van der Waals surface area contributed by atoms with Crippen LogP contribution in [0.25, 0.3) is 0 Å². The fraction of sp³-hybridized carbons (Fsp3) is 0.667. The summed E-state index contributed by atoms with van der Waals surface area (Å²) < 4.78 is 24.8. The molecule has 2 aliphatic rings. The van der Waals surface area contributed by atoms with Gasteiger partial charge in [0, 0.05) is 25.2 Å². The van der Waals surface area contributed by atoms with Crippen molar-refractivity contribution in [3.05, 3.63) is 29.6 Å². The van der Waals surface area contributed by atoms with Crippen molar-refractivity contribution in [1.29, 1.82) is 0 Å².